The van der Waals surface area contributed by atoms with Gasteiger partial charge in [-0.2, -0.15) is 0 Å². The van der Waals surface area contributed by atoms with Crippen molar-refractivity contribution in [2.45, 2.75) is 0 Å². The molecular weight excluding hydrogens is 592 g/mol. The number of para-hydroxylation sites is 2. The van der Waals surface area contributed by atoms with E-state index in [2.05, 4.69) is 96.9 Å². The van der Waals surface area contributed by atoms with Gasteiger partial charge in [-0.05, 0) is 42.5 Å². The minimum Gasteiger partial charge on any atom is -0.304 e. The third kappa shape index (κ3) is 3.96. The van der Waals surface area contributed by atoms with Crippen molar-refractivity contribution in [1.82, 2.24) is 39.0 Å². The molecule has 0 unspecified atom stereocenters. The second-order valence-electron chi connectivity index (χ2n) is 11.7. The molecule has 6 heterocycles. The number of benzene rings is 4. The van der Waals surface area contributed by atoms with Crippen LogP contribution in [0.5, 0.6) is 0 Å². The van der Waals surface area contributed by atoms with Crippen molar-refractivity contribution in [3.63, 3.8) is 0 Å². The van der Waals surface area contributed by atoms with Crippen molar-refractivity contribution in [2.24, 2.45) is 0 Å². The maximum Gasteiger partial charge on any atom is 0.235 e. The van der Waals surface area contributed by atoms with Crippen LogP contribution in [0.25, 0.3) is 88.9 Å². The third-order valence-electron chi connectivity index (χ3n) is 8.98. The molecule has 0 aliphatic heterocycles. The van der Waals surface area contributed by atoms with Gasteiger partial charge in [-0.3, -0.25) is 9.55 Å². The second-order valence-corrected chi connectivity index (χ2v) is 11.7. The van der Waals surface area contributed by atoms with Crippen LogP contribution in [0.1, 0.15) is 0 Å². The molecule has 0 aliphatic carbocycles. The third-order valence-corrected chi connectivity index (χ3v) is 8.98. The number of fused-ring (bicyclic) bond motifs is 8. The van der Waals surface area contributed by atoms with E-state index in [-0.39, 0.29) is 0 Å². The van der Waals surface area contributed by atoms with E-state index in [4.69, 9.17) is 15.0 Å². The summed E-state index contributed by atoms with van der Waals surface area (Å²) in [6.45, 7) is 0. The van der Waals surface area contributed by atoms with Gasteiger partial charge >= 0.3 is 0 Å². The zero-order valence-electron chi connectivity index (χ0n) is 25.4. The quantitative estimate of drug-likeness (QED) is 0.197. The van der Waals surface area contributed by atoms with Crippen LogP contribution in [0.2, 0.25) is 0 Å². The number of rotatable bonds is 4. The van der Waals surface area contributed by atoms with E-state index >= 15 is 0 Å². The molecule has 4 aromatic carbocycles. The summed E-state index contributed by atoms with van der Waals surface area (Å²) in [6, 6.07) is 41.4. The van der Waals surface area contributed by atoms with Crippen molar-refractivity contribution >= 4 is 54.6 Å². The van der Waals surface area contributed by atoms with Crippen LogP contribution >= 0.6 is 0 Å². The SMILES string of the molecule is c1ccc(-c2cc(-c3ccc4ncccc4n3)nc(-n3c4ccccc4c4ccc5c6ccccc6n(-c6cncnc6)c5c43)n2)cc1. The van der Waals surface area contributed by atoms with Crippen LogP contribution < -0.4 is 0 Å². The summed E-state index contributed by atoms with van der Waals surface area (Å²) < 4.78 is 4.45. The van der Waals surface area contributed by atoms with E-state index in [1.165, 1.54) is 0 Å². The van der Waals surface area contributed by atoms with Crippen molar-refractivity contribution in [3.8, 4) is 34.3 Å². The number of hydrogen-bond donors (Lipinski definition) is 0. The minimum atomic E-state index is 0.555. The fourth-order valence-corrected chi connectivity index (χ4v) is 6.91. The van der Waals surface area contributed by atoms with Crippen molar-refractivity contribution in [3.05, 3.63) is 146 Å². The van der Waals surface area contributed by atoms with Gasteiger partial charge in [0.05, 0.1) is 68.3 Å². The highest BCUT2D eigenvalue weighted by Crippen LogP contribution is 2.41. The van der Waals surface area contributed by atoms with E-state index in [0.717, 1.165) is 83.0 Å². The second kappa shape index (κ2) is 10.4. The van der Waals surface area contributed by atoms with Gasteiger partial charge < -0.3 is 4.57 Å². The molecule has 0 aliphatic rings. The van der Waals surface area contributed by atoms with Crippen molar-refractivity contribution in [2.75, 3.05) is 0 Å². The molecule has 6 aromatic heterocycles. The average Bonchev–Trinajstić information content (AvgIpc) is 3.68. The lowest BCUT2D eigenvalue weighted by Crippen LogP contribution is -2.05. The van der Waals surface area contributed by atoms with Crippen LogP contribution in [0.4, 0.5) is 0 Å². The van der Waals surface area contributed by atoms with Gasteiger partial charge in [-0.1, -0.05) is 78.9 Å². The van der Waals surface area contributed by atoms with Crippen molar-refractivity contribution < 1.29 is 0 Å². The molecule has 0 amide bonds. The Hall–Kier alpha value is -6.80. The lowest BCUT2D eigenvalue weighted by Gasteiger charge is -2.13. The molecule has 10 rings (SSSR count). The molecule has 8 nitrogen and oxygen atoms in total. The van der Waals surface area contributed by atoms with Crippen LogP contribution in [0, 0.1) is 0 Å². The molecular formula is C40H24N8. The molecule has 0 atom stereocenters. The van der Waals surface area contributed by atoms with Crippen LogP contribution in [-0.4, -0.2) is 39.0 Å². The molecule has 0 saturated carbocycles. The van der Waals surface area contributed by atoms with Crippen LogP contribution in [0.3, 0.4) is 0 Å². The van der Waals surface area contributed by atoms with Gasteiger partial charge in [0.1, 0.15) is 6.33 Å². The number of nitrogens with zero attached hydrogens (tertiary/aromatic N) is 8. The molecule has 0 radical (unpaired) electrons. The van der Waals surface area contributed by atoms with Crippen LogP contribution in [-0.2, 0) is 0 Å². The first-order valence-electron chi connectivity index (χ1n) is 15.7. The lowest BCUT2D eigenvalue weighted by molar-refractivity contribution is 0.991. The minimum absolute atomic E-state index is 0.555. The summed E-state index contributed by atoms with van der Waals surface area (Å²) in [5, 5.41) is 4.47. The van der Waals surface area contributed by atoms with E-state index < -0.39 is 0 Å². The molecule has 0 bridgehead atoms. The highest BCUT2D eigenvalue weighted by atomic mass is 15.2. The number of aromatic nitrogens is 8. The lowest BCUT2D eigenvalue weighted by atomic mass is 10.1. The number of pyridine rings is 2. The maximum atomic E-state index is 5.28. The Balaban J connectivity index is 1.36. The van der Waals surface area contributed by atoms with Gasteiger partial charge in [0.25, 0.3) is 0 Å². The number of hydrogen-bond acceptors (Lipinski definition) is 6. The summed E-state index contributed by atoms with van der Waals surface area (Å²) in [5.74, 6) is 0.555. The molecule has 0 spiro atoms. The van der Waals surface area contributed by atoms with E-state index in [9.17, 15) is 0 Å². The smallest absolute Gasteiger partial charge is 0.235 e. The van der Waals surface area contributed by atoms with Crippen LogP contribution in [0.15, 0.2) is 146 Å². The van der Waals surface area contributed by atoms with Gasteiger partial charge in [-0.15, -0.1) is 0 Å². The standard InChI is InChI=1S/C40H24N8/c1-2-9-25(10-3-1)34-21-35(33-19-18-31-32(44-33)13-8-20-43-31)46-40(45-34)48-37-15-7-5-12-28(37)30-17-16-29-27-11-4-6-14-36(27)47(38(29)39(30)48)26-22-41-24-42-23-26/h1-24H. The monoisotopic (exact) mass is 616 g/mol. The van der Waals surface area contributed by atoms with E-state index in [1.54, 1.807) is 12.5 Å². The molecule has 224 valence electrons. The van der Waals surface area contributed by atoms with Gasteiger partial charge in [-0.25, -0.2) is 24.9 Å². The normalized spacial score (nSPS) is 11.8. The van der Waals surface area contributed by atoms with Gasteiger partial charge in [0, 0.05) is 33.3 Å². The largest absolute Gasteiger partial charge is 0.304 e. The van der Waals surface area contributed by atoms with E-state index in [1.807, 2.05) is 60.9 Å². The Kier molecular flexibility index (Phi) is 5.71. The predicted octanol–water partition coefficient (Wildman–Crippen LogP) is 8.74. The van der Waals surface area contributed by atoms with Gasteiger partial charge in [0.15, 0.2) is 0 Å². The molecule has 10 aromatic rings. The maximum absolute atomic E-state index is 5.28. The Morgan fingerprint density at radius 1 is 0.458 bits per heavy atom. The Labute approximate surface area is 273 Å². The predicted molar refractivity (Wildman–Crippen MR) is 190 cm³/mol. The molecule has 8 heteroatoms. The summed E-state index contributed by atoms with van der Waals surface area (Å²) in [4.78, 5) is 28.8. The highest BCUT2D eigenvalue weighted by molar-refractivity contribution is 6.23. The molecule has 0 saturated heterocycles. The summed E-state index contributed by atoms with van der Waals surface area (Å²) in [5.41, 5.74) is 9.90. The van der Waals surface area contributed by atoms with Gasteiger partial charge in [0.2, 0.25) is 5.95 Å². The topological polar surface area (TPSA) is 87.2 Å². The summed E-state index contributed by atoms with van der Waals surface area (Å²) >= 11 is 0. The zero-order valence-corrected chi connectivity index (χ0v) is 25.4. The summed E-state index contributed by atoms with van der Waals surface area (Å²) in [7, 11) is 0. The van der Waals surface area contributed by atoms with Crippen molar-refractivity contribution in [1.29, 1.82) is 0 Å². The first-order chi connectivity index (χ1) is 23.8. The summed E-state index contributed by atoms with van der Waals surface area (Å²) in [6.07, 6.45) is 7.06. The van der Waals surface area contributed by atoms with E-state index in [0.29, 0.717) is 5.95 Å². The Morgan fingerprint density at radius 3 is 1.90 bits per heavy atom. The zero-order chi connectivity index (χ0) is 31.6. The average molecular weight is 617 g/mol. The highest BCUT2D eigenvalue weighted by Gasteiger charge is 2.23. The first kappa shape index (κ1) is 26.4. The fraction of sp³-hybridized carbons (Fsp3) is 0. The fourth-order valence-electron chi connectivity index (χ4n) is 6.91. The Morgan fingerprint density at radius 2 is 1.12 bits per heavy atom. The molecule has 0 N–H and O–H groups in total. The molecule has 48 heavy (non-hydrogen) atoms. The first-order valence-corrected chi connectivity index (χ1v) is 15.7. The Bertz CT molecular complexity index is 2840. The molecule has 0 fully saturated rings.